The summed E-state index contributed by atoms with van der Waals surface area (Å²) in [5.41, 5.74) is 5.05. The maximum atomic E-state index is 4.56. The highest BCUT2D eigenvalue weighted by atomic mass is 15.3. The van der Waals surface area contributed by atoms with E-state index in [4.69, 9.17) is 0 Å². The largest absolute Gasteiger partial charge is 0.363 e. The molecule has 0 fully saturated rings. The highest BCUT2D eigenvalue weighted by Crippen LogP contribution is 2.26. The molecule has 0 aromatic carbocycles. The molecule has 0 spiro atoms. The maximum absolute atomic E-state index is 4.56. The third kappa shape index (κ3) is 3.12. The van der Waals surface area contributed by atoms with Crippen molar-refractivity contribution in [2.75, 3.05) is 19.0 Å². The van der Waals surface area contributed by atoms with Gasteiger partial charge in [0.15, 0.2) is 5.82 Å². The van der Waals surface area contributed by atoms with Crippen LogP contribution in [0.25, 0.3) is 33.8 Å². The number of pyridine rings is 3. The third-order valence-electron chi connectivity index (χ3n) is 4.83. The Morgan fingerprint density at radius 3 is 2.48 bits per heavy atom. The molecule has 0 amide bonds. The van der Waals surface area contributed by atoms with E-state index in [1.165, 1.54) is 0 Å². The lowest BCUT2D eigenvalue weighted by Gasteiger charge is -2.11. The minimum absolute atomic E-state index is 0.766. The number of hydrogen-bond donors (Lipinski definition) is 0. The van der Waals surface area contributed by atoms with E-state index in [9.17, 15) is 0 Å². The van der Waals surface area contributed by atoms with Crippen LogP contribution in [-0.4, -0.2) is 43.2 Å². The fourth-order valence-corrected chi connectivity index (χ4v) is 3.29. The molecule has 5 heterocycles. The van der Waals surface area contributed by atoms with Crippen LogP contribution in [0.15, 0.2) is 79.6 Å². The third-order valence-corrected chi connectivity index (χ3v) is 4.83. The average Bonchev–Trinajstić information content (AvgIpc) is 3.44. The van der Waals surface area contributed by atoms with Gasteiger partial charge in [0.25, 0.3) is 0 Å². The van der Waals surface area contributed by atoms with Gasteiger partial charge in [-0.3, -0.25) is 4.40 Å². The molecule has 0 unspecified atom stereocenters. The van der Waals surface area contributed by atoms with Crippen LogP contribution in [0.1, 0.15) is 0 Å². The van der Waals surface area contributed by atoms with Crippen LogP contribution < -0.4 is 4.90 Å². The molecule has 7 heteroatoms. The van der Waals surface area contributed by atoms with Crippen molar-refractivity contribution in [3.63, 3.8) is 0 Å². The van der Waals surface area contributed by atoms with E-state index in [1.807, 2.05) is 67.9 Å². The zero-order valence-electron chi connectivity index (χ0n) is 16.1. The Balaban J connectivity index is 1.58. The van der Waals surface area contributed by atoms with E-state index in [1.54, 1.807) is 17.1 Å². The van der Waals surface area contributed by atoms with Gasteiger partial charge in [-0.2, -0.15) is 5.10 Å². The van der Waals surface area contributed by atoms with Gasteiger partial charge in [-0.15, -0.1) is 0 Å². The first-order valence-electron chi connectivity index (χ1n) is 9.26. The maximum Gasteiger partial charge on any atom is 0.153 e. The summed E-state index contributed by atoms with van der Waals surface area (Å²) in [4.78, 5) is 15.5. The predicted molar refractivity (Wildman–Crippen MR) is 113 cm³/mol. The van der Waals surface area contributed by atoms with Crippen molar-refractivity contribution in [1.29, 1.82) is 0 Å². The molecule has 0 saturated heterocycles. The van der Waals surface area contributed by atoms with E-state index < -0.39 is 0 Å². The number of hydrogen-bond acceptors (Lipinski definition) is 5. The Kier molecular flexibility index (Phi) is 4.05. The Hall–Kier alpha value is -4.00. The van der Waals surface area contributed by atoms with Gasteiger partial charge in [0.2, 0.25) is 0 Å². The van der Waals surface area contributed by atoms with Crippen LogP contribution in [0.2, 0.25) is 0 Å². The van der Waals surface area contributed by atoms with E-state index in [0.717, 1.165) is 39.7 Å². The van der Waals surface area contributed by atoms with Crippen LogP contribution in [0.3, 0.4) is 0 Å². The van der Waals surface area contributed by atoms with Gasteiger partial charge in [0.05, 0.1) is 11.9 Å². The molecule has 0 aliphatic carbocycles. The fourth-order valence-electron chi connectivity index (χ4n) is 3.29. The lowest BCUT2D eigenvalue weighted by atomic mass is 10.1. The molecule has 0 bridgehead atoms. The molecule has 5 aromatic rings. The molecule has 0 radical (unpaired) electrons. The molecule has 29 heavy (non-hydrogen) atoms. The summed E-state index contributed by atoms with van der Waals surface area (Å²) in [6, 6.07) is 14.1. The first-order chi connectivity index (χ1) is 14.2. The van der Waals surface area contributed by atoms with Crippen LogP contribution in [-0.2, 0) is 0 Å². The van der Waals surface area contributed by atoms with Gasteiger partial charge >= 0.3 is 0 Å². The predicted octanol–water partition coefficient (Wildman–Crippen LogP) is 3.71. The Bertz CT molecular complexity index is 1270. The molecule has 0 atom stereocenters. The van der Waals surface area contributed by atoms with Crippen molar-refractivity contribution in [2.45, 2.75) is 0 Å². The molecule has 0 aliphatic rings. The van der Waals surface area contributed by atoms with Gasteiger partial charge in [-0.25, -0.2) is 19.6 Å². The lowest BCUT2D eigenvalue weighted by Crippen LogP contribution is -2.09. The summed E-state index contributed by atoms with van der Waals surface area (Å²) in [6.45, 7) is 0. The molecule has 0 N–H and O–H groups in total. The van der Waals surface area contributed by atoms with Crippen LogP contribution >= 0.6 is 0 Å². The fraction of sp³-hybridized carbons (Fsp3) is 0.0909. The zero-order valence-corrected chi connectivity index (χ0v) is 16.1. The number of nitrogens with zero attached hydrogens (tertiary/aromatic N) is 7. The summed E-state index contributed by atoms with van der Waals surface area (Å²) < 4.78 is 3.84. The van der Waals surface area contributed by atoms with Crippen molar-refractivity contribution in [3.8, 4) is 28.2 Å². The van der Waals surface area contributed by atoms with Crippen LogP contribution in [0.5, 0.6) is 0 Å². The molecule has 5 aromatic heterocycles. The summed E-state index contributed by atoms with van der Waals surface area (Å²) in [5, 5.41) is 4.27. The van der Waals surface area contributed by atoms with Crippen molar-refractivity contribution in [1.82, 2.24) is 29.1 Å². The standard InChI is InChI=1S/C22H19N7/c1-27(2)20-6-4-17(13-24-20)18-5-7-21-25-14-19(28(21)15-18)16-8-10-23-22(12-16)29-11-3-9-26-29/h3-15H,1-2H3. The second-order valence-electron chi connectivity index (χ2n) is 6.94. The van der Waals surface area contributed by atoms with Gasteiger partial charge in [0, 0.05) is 61.8 Å². The van der Waals surface area contributed by atoms with Crippen molar-refractivity contribution < 1.29 is 0 Å². The number of anilines is 1. The molecule has 142 valence electrons. The van der Waals surface area contributed by atoms with E-state index >= 15 is 0 Å². The van der Waals surface area contributed by atoms with Crippen LogP contribution in [0.4, 0.5) is 5.82 Å². The van der Waals surface area contributed by atoms with Crippen LogP contribution in [0, 0.1) is 0 Å². The van der Waals surface area contributed by atoms with Crippen molar-refractivity contribution >= 4 is 11.5 Å². The molecule has 0 aliphatic heterocycles. The van der Waals surface area contributed by atoms with E-state index in [-0.39, 0.29) is 0 Å². The number of aromatic nitrogens is 6. The molecule has 0 saturated carbocycles. The van der Waals surface area contributed by atoms with Gasteiger partial charge in [-0.1, -0.05) is 0 Å². The zero-order chi connectivity index (χ0) is 19.8. The second-order valence-corrected chi connectivity index (χ2v) is 6.94. The smallest absolute Gasteiger partial charge is 0.153 e. The summed E-state index contributed by atoms with van der Waals surface area (Å²) >= 11 is 0. The Labute approximate surface area is 167 Å². The summed E-state index contributed by atoms with van der Waals surface area (Å²) in [7, 11) is 3.97. The molecular weight excluding hydrogens is 362 g/mol. The normalized spacial score (nSPS) is 11.1. The first-order valence-corrected chi connectivity index (χ1v) is 9.26. The highest BCUT2D eigenvalue weighted by Gasteiger charge is 2.10. The van der Waals surface area contributed by atoms with E-state index in [2.05, 4.69) is 42.8 Å². The summed E-state index contributed by atoms with van der Waals surface area (Å²) in [5.74, 6) is 1.70. The van der Waals surface area contributed by atoms with E-state index in [0.29, 0.717) is 0 Å². The quantitative estimate of drug-likeness (QED) is 0.475. The lowest BCUT2D eigenvalue weighted by molar-refractivity contribution is 0.847. The summed E-state index contributed by atoms with van der Waals surface area (Å²) in [6.07, 6.45) is 11.3. The van der Waals surface area contributed by atoms with Crippen molar-refractivity contribution in [3.05, 3.63) is 79.6 Å². The minimum Gasteiger partial charge on any atom is -0.363 e. The average molecular weight is 381 g/mol. The Morgan fingerprint density at radius 1 is 0.828 bits per heavy atom. The number of fused-ring (bicyclic) bond motifs is 1. The SMILES string of the molecule is CN(C)c1ccc(-c2ccc3ncc(-c4ccnc(-n5cccn5)c4)n3c2)cn1. The molecular formula is C22H19N7. The Morgan fingerprint density at radius 2 is 1.72 bits per heavy atom. The van der Waals surface area contributed by atoms with Gasteiger partial charge in [0.1, 0.15) is 11.5 Å². The first kappa shape index (κ1) is 17.1. The topological polar surface area (TPSA) is 64.1 Å². The minimum atomic E-state index is 0.766. The molecule has 5 rings (SSSR count). The monoisotopic (exact) mass is 381 g/mol. The second kappa shape index (κ2) is 6.87. The van der Waals surface area contributed by atoms with Gasteiger partial charge in [-0.05, 0) is 42.5 Å². The number of imidazole rings is 1. The number of rotatable bonds is 4. The van der Waals surface area contributed by atoms with Crippen molar-refractivity contribution in [2.24, 2.45) is 0 Å². The van der Waals surface area contributed by atoms with Gasteiger partial charge < -0.3 is 4.90 Å². The molecule has 7 nitrogen and oxygen atoms in total. The highest BCUT2D eigenvalue weighted by molar-refractivity contribution is 5.69.